The first kappa shape index (κ1) is 13.8. The molecule has 98 valence electrons. The van der Waals surface area contributed by atoms with E-state index in [0.29, 0.717) is 17.2 Å². The summed E-state index contributed by atoms with van der Waals surface area (Å²) in [5, 5.41) is 0.672. The summed E-state index contributed by atoms with van der Waals surface area (Å²) in [7, 11) is 0. The van der Waals surface area contributed by atoms with Gasteiger partial charge in [0, 0.05) is 10.6 Å². The van der Waals surface area contributed by atoms with Gasteiger partial charge in [-0.15, -0.1) is 0 Å². The molecule has 0 atom stereocenters. The van der Waals surface area contributed by atoms with Gasteiger partial charge in [-0.25, -0.2) is 0 Å². The molecule has 0 aliphatic carbocycles. The number of rotatable bonds is 5. The molecule has 0 bridgehead atoms. The standard InChI is InChI=1S/C16H15ClO2/c1-12-4-2-6-14(8-12)16(18)11-19-10-13-5-3-7-15(17)9-13/h2-9H,10-11H2,1H3. The van der Waals surface area contributed by atoms with Crippen molar-refractivity contribution in [2.75, 3.05) is 6.61 Å². The summed E-state index contributed by atoms with van der Waals surface area (Å²) in [5.74, 6) is -0.00859. The maximum absolute atomic E-state index is 11.9. The third kappa shape index (κ3) is 4.19. The van der Waals surface area contributed by atoms with E-state index in [9.17, 15) is 4.79 Å². The molecule has 0 aliphatic rings. The van der Waals surface area contributed by atoms with E-state index in [1.807, 2.05) is 49.4 Å². The van der Waals surface area contributed by atoms with Crippen molar-refractivity contribution in [2.45, 2.75) is 13.5 Å². The minimum atomic E-state index is -0.00859. The molecule has 0 unspecified atom stereocenters. The van der Waals surface area contributed by atoms with Crippen LogP contribution in [0.4, 0.5) is 0 Å². The Kier molecular flexibility index (Phi) is 4.72. The summed E-state index contributed by atoms with van der Waals surface area (Å²) >= 11 is 5.88. The summed E-state index contributed by atoms with van der Waals surface area (Å²) in [4.78, 5) is 11.9. The lowest BCUT2D eigenvalue weighted by Gasteiger charge is -2.05. The predicted octanol–water partition coefficient (Wildman–Crippen LogP) is 4.05. The Morgan fingerprint density at radius 2 is 1.95 bits per heavy atom. The number of hydrogen-bond acceptors (Lipinski definition) is 2. The van der Waals surface area contributed by atoms with Crippen molar-refractivity contribution in [3.63, 3.8) is 0 Å². The molecule has 2 aromatic rings. The third-order valence-corrected chi connectivity index (χ3v) is 2.97. The lowest BCUT2D eigenvalue weighted by molar-refractivity contribution is 0.0726. The van der Waals surface area contributed by atoms with E-state index in [-0.39, 0.29) is 12.4 Å². The number of aryl methyl sites for hydroxylation is 1. The van der Waals surface area contributed by atoms with Gasteiger partial charge in [0.05, 0.1) is 6.61 Å². The Hall–Kier alpha value is -1.64. The molecule has 0 N–H and O–H groups in total. The molecule has 2 rings (SSSR count). The van der Waals surface area contributed by atoms with E-state index in [0.717, 1.165) is 11.1 Å². The van der Waals surface area contributed by atoms with E-state index in [1.165, 1.54) is 0 Å². The largest absolute Gasteiger partial charge is 0.369 e. The van der Waals surface area contributed by atoms with E-state index in [2.05, 4.69) is 0 Å². The zero-order valence-corrected chi connectivity index (χ0v) is 11.5. The Morgan fingerprint density at radius 3 is 2.68 bits per heavy atom. The number of ether oxygens (including phenoxy) is 1. The van der Waals surface area contributed by atoms with Crippen molar-refractivity contribution in [3.05, 3.63) is 70.2 Å². The Labute approximate surface area is 118 Å². The van der Waals surface area contributed by atoms with Crippen LogP contribution in [0.5, 0.6) is 0 Å². The second-order valence-corrected chi connectivity index (χ2v) is 4.85. The molecular weight excluding hydrogens is 260 g/mol. The first-order valence-electron chi connectivity index (χ1n) is 6.07. The van der Waals surface area contributed by atoms with Gasteiger partial charge in [-0.2, -0.15) is 0 Å². The van der Waals surface area contributed by atoms with Crippen LogP contribution in [0.2, 0.25) is 5.02 Å². The van der Waals surface area contributed by atoms with Gasteiger partial charge in [-0.05, 0) is 30.7 Å². The fourth-order valence-electron chi connectivity index (χ4n) is 1.79. The van der Waals surface area contributed by atoms with Gasteiger partial charge in [0.1, 0.15) is 6.61 Å². The second-order valence-electron chi connectivity index (χ2n) is 4.42. The summed E-state index contributed by atoms with van der Waals surface area (Å²) in [6, 6.07) is 14.9. The molecule has 0 saturated heterocycles. The second kappa shape index (κ2) is 6.50. The van der Waals surface area contributed by atoms with Crippen LogP contribution in [0.25, 0.3) is 0 Å². The van der Waals surface area contributed by atoms with Gasteiger partial charge < -0.3 is 4.74 Å². The summed E-state index contributed by atoms with van der Waals surface area (Å²) < 4.78 is 5.42. The van der Waals surface area contributed by atoms with Gasteiger partial charge in [-0.3, -0.25) is 4.79 Å². The lowest BCUT2D eigenvalue weighted by atomic mass is 10.1. The number of Topliss-reactive ketones (excluding diaryl/α,β-unsaturated/α-hetero) is 1. The molecule has 2 nitrogen and oxygen atoms in total. The van der Waals surface area contributed by atoms with Crippen molar-refractivity contribution in [1.82, 2.24) is 0 Å². The van der Waals surface area contributed by atoms with Gasteiger partial charge in [0.25, 0.3) is 0 Å². The van der Waals surface area contributed by atoms with Gasteiger partial charge >= 0.3 is 0 Å². The molecule has 0 fully saturated rings. The number of carbonyl (C=O) groups is 1. The van der Waals surface area contributed by atoms with E-state index >= 15 is 0 Å². The third-order valence-electron chi connectivity index (χ3n) is 2.73. The highest BCUT2D eigenvalue weighted by Crippen LogP contribution is 2.12. The van der Waals surface area contributed by atoms with Crippen molar-refractivity contribution < 1.29 is 9.53 Å². The molecule has 2 aromatic carbocycles. The van der Waals surface area contributed by atoms with Crippen LogP contribution in [0.1, 0.15) is 21.5 Å². The van der Waals surface area contributed by atoms with Crippen LogP contribution in [0, 0.1) is 6.92 Å². The number of ketones is 1. The smallest absolute Gasteiger partial charge is 0.188 e. The molecule has 19 heavy (non-hydrogen) atoms. The monoisotopic (exact) mass is 274 g/mol. The molecule has 0 heterocycles. The van der Waals surface area contributed by atoms with Gasteiger partial charge in [0.2, 0.25) is 0 Å². The summed E-state index contributed by atoms with van der Waals surface area (Å²) in [6.45, 7) is 2.43. The Bertz CT molecular complexity index is 578. The van der Waals surface area contributed by atoms with Crippen LogP contribution >= 0.6 is 11.6 Å². The van der Waals surface area contributed by atoms with Crippen molar-refractivity contribution in [1.29, 1.82) is 0 Å². The summed E-state index contributed by atoms with van der Waals surface area (Å²) in [5.41, 5.74) is 2.72. The molecule has 3 heteroatoms. The van der Waals surface area contributed by atoms with Crippen LogP contribution in [0.3, 0.4) is 0 Å². The minimum absolute atomic E-state index is 0.00859. The van der Waals surface area contributed by atoms with Crippen molar-refractivity contribution in [2.24, 2.45) is 0 Å². The minimum Gasteiger partial charge on any atom is -0.369 e. The molecule has 0 saturated carbocycles. The Balaban J connectivity index is 1.87. The molecular formula is C16H15ClO2. The van der Waals surface area contributed by atoms with Crippen LogP contribution in [0.15, 0.2) is 48.5 Å². The number of halogens is 1. The zero-order valence-electron chi connectivity index (χ0n) is 10.7. The topological polar surface area (TPSA) is 26.3 Å². The average molecular weight is 275 g/mol. The molecule has 0 amide bonds. The highest BCUT2D eigenvalue weighted by atomic mass is 35.5. The molecule has 0 radical (unpaired) electrons. The van der Waals surface area contributed by atoms with E-state index in [1.54, 1.807) is 6.07 Å². The van der Waals surface area contributed by atoms with Crippen LogP contribution in [-0.2, 0) is 11.3 Å². The fraction of sp³-hybridized carbons (Fsp3) is 0.188. The fourth-order valence-corrected chi connectivity index (χ4v) is 2.00. The van der Waals surface area contributed by atoms with Crippen molar-refractivity contribution in [3.8, 4) is 0 Å². The quantitative estimate of drug-likeness (QED) is 0.769. The normalized spacial score (nSPS) is 10.4. The number of hydrogen-bond donors (Lipinski definition) is 0. The lowest BCUT2D eigenvalue weighted by Crippen LogP contribution is -2.09. The summed E-state index contributed by atoms with van der Waals surface area (Å²) in [6.07, 6.45) is 0. The van der Waals surface area contributed by atoms with Gasteiger partial charge in [-0.1, -0.05) is 47.5 Å². The van der Waals surface area contributed by atoms with E-state index < -0.39 is 0 Å². The molecule has 0 aromatic heterocycles. The zero-order chi connectivity index (χ0) is 13.7. The maximum Gasteiger partial charge on any atom is 0.188 e. The Morgan fingerprint density at radius 1 is 1.16 bits per heavy atom. The molecule has 0 aliphatic heterocycles. The van der Waals surface area contributed by atoms with Crippen LogP contribution < -0.4 is 0 Å². The first-order chi connectivity index (χ1) is 9.15. The predicted molar refractivity (Wildman–Crippen MR) is 76.6 cm³/mol. The first-order valence-corrected chi connectivity index (χ1v) is 6.45. The van der Waals surface area contributed by atoms with Gasteiger partial charge in [0.15, 0.2) is 5.78 Å². The SMILES string of the molecule is Cc1cccc(C(=O)COCc2cccc(Cl)c2)c1. The highest BCUT2D eigenvalue weighted by molar-refractivity contribution is 6.30. The number of carbonyl (C=O) groups excluding carboxylic acids is 1. The van der Waals surface area contributed by atoms with Crippen LogP contribution in [-0.4, -0.2) is 12.4 Å². The average Bonchev–Trinajstić information content (AvgIpc) is 2.38. The van der Waals surface area contributed by atoms with Crippen molar-refractivity contribution >= 4 is 17.4 Å². The number of benzene rings is 2. The maximum atomic E-state index is 11.9. The highest BCUT2D eigenvalue weighted by Gasteiger charge is 2.06. The van der Waals surface area contributed by atoms with E-state index in [4.69, 9.17) is 16.3 Å². The molecule has 0 spiro atoms.